The number of allylic oxidation sites excluding steroid dienone is 2. The van der Waals surface area contributed by atoms with Gasteiger partial charge in [-0.05, 0) is 18.4 Å². The van der Waals surface area contributed by atoms with Crippen LogP contribution < -0.4 is 0 Å². The molecule has 2 unspecified atom stereocenters. The van der Waals surface area contributed by atoms with E-state index in [1.165, 1.54) is 6.07 Å². The van der Waals surface area contributed by atoms with E-state index in [2.05, 4.69) is 6.92 Å². The molecule has 2 atom stereocenters. The molecule has 0 saturated carbocycles. The molecule has 0 bridgehead atoms. The zero-order valence-electron chi connectivity index (χ0n) is 14.4. The number of nitro groups is 1. The number of carbonyl (C=O) groups is 1. The zero-order valence-corrected chi connectivity index (χ0v) is 14.4. The van der Waals surface area contributed by atoms with Crippen LogP contribution >= 0.6 is 0 Å². The minimum Gasteiger partial charge on any atom is -0.469 e. The SMILES string of the molecule is CCCCOC1CC(c2cccc([N+](=O)[O-])c2)C2=C(CCCC2=O)O1. The highest BCUT2D eigenvalue weighted by Gasteiger charge is 2.37. The molecule has 0 aromatic heterocycles. The summed E-state index contributed by atoms with van der Waals surface area (Å²) in [6.45, 7) is 2.71. The van der Waals surface area contributed by atoms with Crippen molar-refractivity contribution in [2.75, 3.05) is 6.61 Å². The number of ketones is 1. The number of Topliss-reactive ketones (excluding diaryl/α,β-unsaturated/α-hetero) is 1. The summed E-state index contributed by atoms with van der Waals surface area (Å²) in [5, 5.41) is 11.1. The number of non-ortho nitro benzene ring substituents is 1. The van der Waals surface area contributed by atoms with Crippen LogP contribution in [0.1, 0.15) is 56.9 Å². The molecule has 2 aliphatic rings. The Morgan fingerprint density at radius 3 is 2.96 bits per heavy atom. The fourth-order valence-corrected chi connectivity index (χ4v) is 3.48. The Morgan fingerprint density at radius 2 is 2.20 bits per heavy atom. The molecule has 6 heteroatoms. The first-order valence-electron chi connectivity index (χ1n) is 8.89. The van der Waals surface area contributed by atoms with Gasteiger partial charge in [0.1, 0.15) is 5.76 Å². The highest BCUT2D eigenvalue weighted by atomic mass is 16.7. The first kappa shape index (κ1) is 17.6. The Kier molecular flexibility index (Phi) is 5.48. The van der Waals surface area contributed by atoms with Crippen molar-refractivity contribution in [1.82, 2.24) is 0 Å². The van der Waals surface area contributed by atoms with Crippen LogP contribution in [0.25, 0.3) is 0 Å². The maximum absolute atomic E-state index is 12.5. The monoisotopic (exact) mass is 345 g/mol. The van der Waals surface area contributed by atoms with Gasteiger partial charge in [0.15, 0.2) is 12.1 Å². The van der Waals surface area contributed by atoms with Crippen LogP contribution in [0.5, 0.6) is 0 Å². The number of hydrogen-bond acceptors (Lipinski definition) is 5. The second-order valence-electron chi connectivity index (χ2n) is 6.53. The number of rotatable bonds is 6. The highest BCUT2D eigenvalue weighted by molar-refractivity contribution is 5.98. The molecule has 0 amide bonds. The molecule has 25 heavy (non-hydrogen) atoms. The Balaban J connectivity index is 1.92. The Labute approximate surface area is 147 Å². The van der Waals surface area contributed by atoms with Crippen LogP contribution in [0.3, 0.4) is 0 Å². The summed E-state index contributed by atoms with van der Waals surface area (Å²) in [5.74, 6) is 0.591. The molecule has 1 heterocycles. The van der Waals surface area contributed by atoms with Gasteiger partial charge in [-0.15, -0.1) is 0 Å². The van der Waals surface area contributed by atoms with E-state index in [9.17, 15) is 14.9 Å². The van der Waals surface area contributed by atoms with E-state index in [0.717, 1.165) is 31.2 Å². The van der Waals surface area contributed by atoms with Crippen LogP contribution in [0.15, 0.2) is 35.6 Å². The third kappa shape index (κ3) is 3.90. The number of carbonyl (C=O) groups excluding carboxylic acids is 1. The largest absolute Gasteiger partial charge is 0.469 e. The van der Waals surface area contributed by atoms with Gasteiger partial charge >= 0.3 is 0 Å². The molecule has 1 aromatic carbocycles. The van der Waals surface area contributed by atoms with Crippen LogP contribution in [-0.2, 0) is 14.3 Å². The lowest BCUT2D eigenvalue weighted by molar-refractivity contribution is -0.384. The van der Waals surface area contributed by atoms with Crippen molar-refractivity contribution in [3.8, 4) is 0 Å². The van der Waals surface area contributed by atoms with E-state index < -0.39 is 11.2 Å². The van der Waals surface area contributed by atoms with E-state index in [1.807, 2.05) is 6.07 Å². The number of nitro benzene ring substituents is 1. The number of ether oxygens (including phenoxy) is 2. The number of nitrogens with zero attached hydrogens (tertiary/aromatic N) is 1. The topological polar surface area (TPSA) is 78.7 Å². The first-order valence-corrected chi connectivity index (χ1v) is 8.89. The maximum Gasteiger partial charge on any atom is 0.269 e. The van der Waals surface area contributed by atoms with Gasteiger partial charge in [-0.2, -0.15) is 0 Å². The molecule has 0 radical (unpaired) electrons. The number of unbranched alkanes of at least 4 members (excludes halogenated alkanes) is 1. The van der Waals surface area contributed by atoms with Crippen LogP contribution in [-0.4, -0.2) is 23.6 Å². The smallest absolute Gasteiger partial charge is 0.269 e. The molecule has 3 rings (SSSR count). The van der Waals surface area contributed by atoms with Crippen LogP contribution in [0.2, 0.25) is 0 Å². The third-order valence-electron chi connectivity index (χ3n) is 4.74. The lowest BCUT2D eigenvalue weighted by Gasteiger charge is -2.35. The number of benzene rings is 1. The van der Waals surface area contributed by atoms with Crippen molar-refractivity contribution < 1.29 is 19.2 Å². The van der Waals surface area contributed by atoms with E-state index in [0.29, 0.717) is 30.8 Å². The molecule has 0 fully saturated rings. The third-order valence-corrected chi connectivity index (χ3v) is 4.74. The fourth-order valence-electron chi connectivity index (χ4n) is 3.48. The Bertz CT molecular complexity index is 697. The summed E-state index contributed by atoms with van der Waals surface area (Å²) >= 11 is 0. The summed E-state index contributed by atoms with van der Waals surface area (Å²) in [6, 6.07) is 6.55. The summed E-state index contributed by atoms with van der Waals surface area (Å²) in [7, 11) is 0. The molecule has 134 valence electrons. The first-order chi connectivity index (χ1) is 12.1. The summed E-state index contributed by atoms with van der Waals surface area (Å²) in [4.78, 5) is 23.2. The average molecular weight is 345 g/mol. The summed E-state index contributed by atoms with van der Waals surface area (Å²) in [6.07, 6.45) is 4.10. The van der Waals surface area contributed by atoms with Crippen molar-refractivity contribution >= 4 is 11.5 Å². The molecule has 1 aliphatic heterocycles. The van der Waals surface area contributed by atoms with Crippen LogP contribution in [0.4, 0.5) is 5.69 Å². The zero-order chi connectivity index (χ0) is 17.8. The highest BCUT2D eigenvalue weighted by Crippen LogP contribution is 2.42. The van der Waals surface area contributed by atoms with Crippen molar-refractivity contribution in [3.05, 3.63) is 51.3 Å². The maximum atomic E-state index is 12.5. The van der Waals surface area contributed by atoms with Crippen molar-refractivity contribution in [1.29, 1.82) is 0 Å². The van der Waals surface area contributed by atoms with Crippen LogP contribution in [0, 0.1) is 10.1 Å². The molecule has 0 saturated heterocycles. The minimum atomic E-state index is -0.407. The van der Waals surface area contributed by atoms with Crippen molar-refractivity contribution in [2.45, 2.75) is 57.7 Å². The average Bonchev–Trinajstić information content (AvgIpc) is 2.61. The molecular weight excluding hydrogens is 322 g/mol. The van der Waals surface area contributed by atoms with Gasteiger partial charge in [0.25, 0.3) is 5.69 Å². The molecule has 1 aromatic rings. The van der Waals surface area contributed by atoms with Gasteiger partial charge in [0, 0.05) is 42.9 Å². The second kappa shape index (κ2) is 7.78. The lowest BCUT2D eigenvalue weighted by atomic mass is 9.79. The quantitative estimate of drug-likeness (QED) is 0.437. The number of hydrogen-bond donors (Lipinski definition) is 0. The molecule has 0 spiro atoms. The minimum absolute atomic E-state index is 0.0397. The fraction of sp³-hybridized carbons (Fsp3) is 0.526. The van der Waals surface area contributed by atoms with E-state index in [-0.39, 0.29) is 17.4 Å². The van der Waals surface area contributed by atoms with Gasteiger partial charge in [-0.3, -0.25) is 14.9 Å². The summed E-state index contributed by atoms with van der Waals surface area (Å²) < 4.78 is 11.8. The predicted molar refractivity (Wildman–Crippen MR) is 92.1 cm³/mol. The molecule has 1 aliphatic carbocycles. The Morgan fingerprint density at radius 1 is 1.36 bits per heavy atom. The van der Waals surface area contributed by atoms with Gasteiger partial charge < -0.3 is 9.47 Å². The molecule has 6 nitrogen and oxygen atoms in total. The second-order valence-corrected chi connectivity index (χ2v) is 6.53. The van der Waals surface area contributed by atoms with Gasteiger partial charge in [-0.25, -0.2) is 0 Å². The van der Waals surface area contributed by atoms with E-state index in [4.69, 9.17) is 9.47 Å². The van der Waals surface area contributed by atoms with Gasteiger partial charge in [-0.1, -0.05) is 25.5 Å². The van der Waals surface area contributed by atoms with E-state index in [1.54, 1.807) is 12.1 Å². The van der Waals surface area contributed by atoms with Crippen molar-refractivity contribution in [3.63, 3.8) is 0 Å². The normalized spacial score (nSPS) is 23.2. The molecule has 0 N–H and O–H groups in total. The Hall–Kier alpha value is -2.21. The summed E-state index contributed by atoms with van der Waals surface area (Å²) in [5.41, 5.74) is 1.50. The van der Waals surface area contributed by atoms with Gasteiger partial charge in [0.2, 0.25) is 0 Å². The van der Waals surface area contributed by atoms with Crippen molar-refractivity contribution in [2.24, 2.45) is 0 Å². The molecular formula is C19H23NO5. The predicted octanol–water partition coefficient (Wildman–Crippen LogP) is 4.25. The van der Waals surface area contributed by atoms with E-state index >= 15 is 0 Å². The lowest BCUT2D eigenvalue weighted by Crippen LogP contribution is -2.32. The van der Waals surface area contributed by atoms with Gasteiger partial charge in [0.05, 0.1) is 11.5 Å². The standard InChI is InChI=1S/C19H23NO5/c1-2-3-10-24-18-12-15(13-6-4-7-14(11-13)20(22)23)19-16(21)8-5-9-17(19)25-18/h4,6-7,11,15,18H,2-3,5,8-10,12H2,1H3.